The van der Waals surface area contributed by atoms with Crippen LogP contribution in [-0.4, -0.2) is 16.6 Å². The number of aromatic nitrogens is 1. The number of halogens is 1. The summed E-state index contributed by atoms with van der Waals surface area (Å²) >= 11 is 4.59. The summed E-state index contributed by atoms with van der Waals surface area (Å²) in [4.78, 5) is 30.8. The number of hydrogen-bond donors (Lipinski definition) is 0. The highest BCUT2D eigenvalue weighted by Crippen LogP contribution is 2.41. The maximum absolute atomic E-state index is 14.0. The molecule has 0 radical (unpaired) electrons. The van der Waals surface area contributed by atoms with E-state index in [4.69, 9.17) is 14.1 Å². The zero-order valence-corrected chi connectivity index (χ0v) is 24.6. The van der Waals surface area contributed by atoms with Gasteiger partial charge in [0.2, 0.25) is 0 Å². The van der Waals surface area contributed by atoms with E-state index in [0.717, 1.165) is 41.0 Å². The number of rotatable bonds is 5. The summed E-state index contributed by atoms with van der Waals surface area (Å²) in [5, 5.41) is 11.6. The molecule has 10 heteroatoms. The number of methoxy groups -OCH3 is 1. The predicted octanol–water partition coefficient (Wildman–Crippen LogP) is 6.26. The average molecular weight is 641 g/mol. The van der Waals surface area contributed by atoms with Gasteiger partial charge in [-0.05, 0) is 65.9 Å². The first-order valence-corrected chi connectivity index (χ1v) is 14.8. The first-order chi connectivity index (χ1) is 20.4. The number of allylic oxidation sites excluding steroid dienone is 1. The topological polar surface area (TPSA) is 99.9 Å². The lowest BCUT2D eigenvalue weighted by Gasteiger charge is -2.30. The molecule has 0 amide bonds. The molecule has 5 aromatic rings. The van der Waals surface area contributed by atoms with Gasteiger partial charge in [-0.2, -0.15) is 0 Å². The van der Waals surface area contributed by atoms with Crippen molar-refractivity contribution in [2.75, 3.05) is 7.11 Å². The van der Waals surface area contributed by atoms with E-state index in [1.807, 2.05) is 36.4 Å². The molecule has 1 atom stereocenters. The lowest BCUT2D eigenvalue weighted by molar-refractivity contribution is -0.384. The molecule has 0 saturated heterocycles. The van der Waals surface area contributed by atoms with Crippen molar-refractivity contribution >= 4 is 44.7 Å². The van der Waals surface area contributed by atoms with Crippen LogP contribution in [-0.2, 0) is 6.42 Å². The number of hydrogen-bond acceptors (Lipinski definition) is 7. The Hall–Kier alpha value is -4.54. The van der Waals surface area contributed by atoms with Crippen LogP contribution in [0.15, 0.2) is 103 Å². The second-order valence-corrected chi connectivity index (χ2v) is 11.9. The number of aryl methyl sites for hydroxylation is 1. The molecule has 42 heavy (non-hydrogen) atoms. The van der Waals surface area contributed by atoms with E-state index >= 15 is 0 Å². The fraction of sp³-hybridized carbons (Fsp3) is 0.125. The second kappa shape index (κ2) is 10.4. The quantitative estimate of drug-likeness (QED) is 0.167. The lowest BCUT2D eigenvalue weighted by Crippen LogP contribution is -2.38. The summed E-state index contributed by atoms with van der Waals surface area (Å²) in [5.74, 6) is 1.51. The Morgan fingerprint density at radius 1 is 1.07 bits per heavy atom. The predicted molar refractivity (Wildman–Crippen MR) is 164 cm³/mol. The van der Waals surface area contributed by atoms with Crippen molar-refractivity contribution in [2.45, 2.75) is 18.9 Å². The molecule has 0 fully saturated rings. The number of thiazole rings is 1. The molecule has 2 aromatic heterocycles. The highest BCUT2D eigenvalue weighted by Gasteiger charge is 2.32. The molecule has 0 unspecified atom stereocenters. The van der Waals surface area contributed by atoms with Crippen LogP contribution < -0.4 is 19.6 Å². The highest BCUT2D eigenvalue weighted by atomic mass is 79.9. The van der Waals surface area contributed by atoms with Gasteiger partial charge in [-0.15, -0.1) is 0 Å². The molecule has 0 bridgehead atoms. The number of fused-ring (bicyclic) bond motifs is 3. The van der Waals surface area contributed by atoms with E-state index in [1.54, 1.807) is 42.0 Å². The van der Waals surface area contributed by atoms with Crippen LogP contribution in [0.2, 0.25) is 0 Å². The van der Waals surface area contributed by atoms with Crippen molar-refractivity contribution in [3.63, 3.8) is 0 Å². The summed E-state index contributed by atoms with van der Waals surface area (Å²) < 4.78 is 14.2. The molecule has 0 N–H and O–H groups in total. The number of benzene rings is 3. The number of ether oxygens (including phenoxy) is 1. The Labute approximate surface area is 251 Å². The first-order valence-electron chi connectivity index (χ1n) is 13.2. The van der Waals surface area contributed by atoms with Gasteiger partial charge in [-0.25, -0.2) is 4.99 Å². The number of nitrogens with zero attached hydrogens (tertiary/aromatic N) is 3. The van der Waals surface area contributed by atoms with Crippen molar-refractivity contribution in [3.8, 4) is 17.1 Å². The monoisotopic (exact) mass is 639 g/mol. The lowest BCUT2D eigenvalue weighted by atomic mass is 9.83. The molecule has 2 aliphatic rings. The Morgan fingerprint density at radius 3 is 2.67 bits per heavy atom. The Balaban J connectivity index is 1.38. The fourth-order valence-electron chi connectivity index (χ4n) is 5.68. The van der Waals surface area contributed by atoms with E-state index in [-0.39, 0.29) is 17.3 Å². The largest absolute Gasteiger partial charge is 0.497 e. The summed E-state index contributed by atoms with van der Waals surface area (Å²) in [6.07, 6.45) is 3.35. The third-order valence-electron chi connectivity index (χ3n) is 7.63. The van der Waals surface area contributed by atoms with Crippen LogP contribution in [0.1, 0.15) is 34.9 Å². The van der Waals surface area contributed by atoms with E-state index in [2.05, 4.69) is 28.1 Å². The van der Waals surface area contributed by atoms with Crippen LogP contribution in [0.25, 0.3) is 23.1 Å². The minimum atomic E-state index is -0.445. The van der Waals surface area contributed by atoms with Crippen LogP contribution in [0, 0.1) is 10.1 Å². The van der Waals surface area contributed by atoms with Gasteiger partial charge in [0.25, 0.3) is 11.2 Å². The van der Waals surface area contributed by atoms with Crippen molar-refractivity contribution in [1.82, 2.24) is 4.57 Å². The van der Waals surface area contributed by atoms with Crippen molar-refractivity contribution in [1.29, 1.82) is 0 Å². The van der Waals surface area contributed by atoms with Crippen LogP contribution in [0.3, 0.4) is 0 Å². The van der Waals surface area contributed by atoms with E-state index < -0.39 is 4.92 Å². The van der Waals surface area contributed by atoms with E-state index in [9.17, 15) is 14.9 Å². The summed E-state index contributed by atoms with van der Waals surface area (Å²) in [7, 11) is 1.63. The molecule has 3 heterocycles. The molecule has 8 nitrogen and oxygen atoms in total. The SMILES string of the molecule is COc1ccc([C@@H]2C3=C(N=c4s/c(=C\c5ccc(-c6ccc(Br)cc6[N+](=O)[O-])o5)c(=O)n42)c2ccccc2CC3)cc1. The third-order valence-corrected chi connectivity index (χ3v) is 9.10. The molecular formula is C32H22BrN3O5S. The normalized spacial score (nSPS) is 16.0. The van der Waals surface area contributed by atoms with E-state index in [1.165, 1.54) is 23.0 Å². The van der Waals surface area contributed by atoms with E-state index in [0.29, 0.717) is 30.9 Å². The zero-order valence-electron chi connectivity index (χ0n) is 22.2. The average Bonchev–Trinajstić information content (AvgIpc) is 3.60. The Kier molecular flexibility index (Phi) is 6.52. The summed E-state index contributed by atoms with van der Waals surface area (Å²) in [5.41, 5.74) is 5.48. The maximum atomic E-state index is 14.0. The maximum Gasteiger partial charge on any atom is 0.281 e. The zero-order chi connectivity index (χ0) is 29.0. The smallest absolute Gasteiger partial charge is 0.281 e. The van der Waals surface area contributed by atoms with Gasteiger partial charge in [-0.1, -0.05) is 63.7 Å². The third kappa shape index (κ3) is 4.43. The highest BCUT2D eigenvalue weighted by molar-refractivity contribution is 9.10. The van der Waals surface area contributed by atoms with Gasteiger partial charge in [0.05, 0.1) is 33.9 Å². The molecular weight excluding hydrogens is 618 g/mol. The summed E-state index contributed by atoms with van der Waals surface area (Å²) in [6, 6.07) is 24.0. The molecule has 1 aliphatic carbocycles. The standard InChI is InChI=1S/C32H22BrN3O5S/c1-40-21-10-6-19(7-11-21)30-25-13-8-18-4-2-3-5-23(18)29(25)34-32-35(30)31(37)28(42-32)17-22-12-15-27(41-22)24-14-9-20(33)16-26(24)36(38)39/h2-7,9-12,14-17,30H,8,13H2,1H3/b28-17-/t30-/m1/s1. The van der Waals surface area contributed by atoms with Crippen LogP contribution in [0.4, 0.5) is 5.69 Å². The van der Waals surface area contributed by atoms with Gasteiger partial charge in [-0.3, -0.25) is 19.5 Å². The van der Waals surface area contributed by atoms with Gasteiger partial charge in [0.1, 0.15) is 17.3 Å². The van der Waals surface area contributed by atoms with Gasteiger partial charge in [0, 0.05) is 22.2 Å². The minimum Gasteiger partial charge on any atom is -0.497 e. The fourth-order valence-corrected chi connectivity index (χ4v) is 7.01. The molecule has 7 rings (SSSR count). The number of nitro groups is 1. The van der Waals surface area contributed by atoms with Crippen molar-refractivity contribution in [2.24, 2.45) is 4.99 Å². The minimum absolute atomic E-state index is 0.0741. The number of nitro benzene ring substituents is 1. The van der Waals surface area contributed by atoms with Gasteiger partial charge in [0.15, 0.2) is 4.80 Å². The van der Waals surface area contributed by atoms with Gasteiger partial charge >= 0.3 is 0 Å². The molecule has 1 aliphatic heterocycles. The molecule has 208 valence electrons. The summed E-state index contributed by atoms with van der Waals surface area (Å²) in [6.45, 7) is 0. The van der Waals surface area contributed by atoms with Crippen LogP contribution >= 0.6 is 27.3 Å². The van der Waals surface area contributed by atoms with Crippen LogP contribution in [0.5, 0.6) is 5.75 Å². The Bertz CT molecular complexity index is 2110. The Morgan fingerprint density at radius 2 is 1.88 bits per heavy atom. The van der Waals surface area contributed by atoms with Crippen molar-refractivity contribution < 1.29 is 14.1 Å². The molecule has 0 spiro atoms. The van der Waals surface area contributed by atoms with Gasteiger partial charge < -0.3 is 9.15 Å². The second-order valence-electron chi connectivity index (χ2n) is 10.0. The molecule has 0 saturated carbocycles. The number of furan rings is 1. The molecule has 3 aromatic carbocycles. The first kappa shape index (κ1) is 26.4. The van der Waals surface area contributed by atoms with Crippen molar-refractivity contribution in [3.05, 3.63) is 141 Å².